The Labute approximate surface area is 181 Å². The molecule has 1 fully saturated rings. The zero-order valence-corrected chi connectivity index (χ0v) is 18.1. The summed E-state index contributed by atoms with van der Waals surface area (Å²) in [7, 11) is 0. The lowest BCUT2D eigenvalue weighted by Gasteiger charge is -2.26. The van der Waals surface area contributed by atoms with Gasteiger partial charge in [-0.3, -0.25) is 9.47 Å². The number of benzene rings is 1. The Bertz CT molecular complexity index is 1130. The maximum absolute atomic E-state index is 4.75. The highest BCUT2D eigenvalue weighted by molar-refractivity contribution is 7.98. The minimum Gasteiger partial charge on any atom is -0.307 e. The monoisotopic (exact) mass is 418 g/mol. The van der Waals surface area contributed by atoms with Gasteiger partial charge in [-0.2, -0.15) is 0 Å². The number of rotatable bonds is 6. The molecule has 0 aliphatic carbocycles. The van der Waals surface area contributed by atoms with E-state index in [0.717, 1.165) is 53.4 Å². The summed E-state index contributed by atoms with van der Waals surface area (Å²) in [5.41, 5.74) is 4.37. The van der Waals surface area contributed by atoms with Gasteiger partial charge in [0, 0.05) is 23.8 Å². The van der Waals surface area contributed by atoms with E-state index in [-0.39, 0.29) is 0 Å². The number of thioether (sulfide) groups is 1. The molecule has 1 aliphatic rings. The highest BCUT2D eigenvalue weighted by Gasteiger charge is 2.19. The molecular formula is C23H26N6S. The van der Waals surface area contributed by atoms with Gasteiger partial charge in [-0.25, -0.2) is 4.98 Å². The number of para-hydroxylation sites is 1. The van der Waals surface area contributed by atoms with Crippen molar-refractivity contribution in [3.8, 4) is 5.69 Å². The summed E-state index contributed by atoms with van der Waals surface area (Å²) in [6.45, 7) is 5.23. The van der Waals surface area contributed by atoms with Gasteiger partial charge in [-0.1, -0.05) is 42.4 Å². The van der Waals surface area contributed by atoms with Crippen LogP contribution in [0.5, 0.6) is 0 Å². The molecule has 1 saturated heterocycles. The zero-order valence-electron chi connectivity index (χ0n) is 17.2. The minimum absolute atomic E-state index is 0.759. The highest BCUT2D eigenvalue weighted by atomic mass is 32.2. The van der Waals surface area contributed by atoms with Gasteiger partial charge < -0.3 is 4.40 Å². The van der Waals surface area contributed by atoms with Gasteiger partial charge in [0.05, 0.1) is 12.2 Å². The largest absolute Gasteiger partial charge is 0.307 e. The van der Waals surface area contributed by atoms with Crippen LogP contribution in [0.1, 0.15) is 36.3 Å². The molecule has 5 rings (SSSR count). The van der Waals surface area contributed by atoms with Crippen LogP contribution in [0.25, 0.3) is 11.3 Å². The van der Waals surface area contributed by atoms with Gasteiger partial charge in [0.1, 0.15) is 5.65 Å². The predicted molar refractivity (Wildman–Crippen MR) is 120 cm³/mol. The Morgan fingerprint density at radius 2 is 1.77 bits per heavy atom. The molecule has 0 saturated carbocycles. The Morgan fingerprint density at radius 1 is 0.933 bits per heavy atom. The second-order valence-electron chi connectivity index (χ2n) is 7.90. The molecule has 154 valence electrons. The Balaban J connectivity index is 1.40. The van der Waals surface area contributed by atoms with Crippen molar-refractivity contribution in [2.45, 2.75) is 43.6 Å². The molecule has 0 radical (unpaired) electrons. The number of imidazole rings is 1. The number of hydrogen-bond acceptors (Lipinski definition) is 5. The maximum atomic E-state index is 4.75. The lowest BCUT2D eigenvalue weighted by atomic mass is 10.1. The first-order valence-corrected chi connectivity index (χ1v) is 11.5. The van der Waals surface area contributed by atoms with Gasteiger partial charge in [0.2, 0.25) is 0 Å². The Hall–Kier alpha value is -2.64. The highest BCUT2D eigenvalue weighted by Crippen LogP contribution is 2.26. The van der Waals surface area contributed by atoms with Crippen molar-refractivity contribution in [2.75, 3.05) is 13.1 Å². The molecule has 0 amide bonds. The van der Waals surface area contributed by atoms with Crippen molar-refractivity contribution in [1.29, 1.82) is 0 Å². The van der Waals surface area contributed by atoms with Crippen LogP contribution < -0.4 is 0 Å². The van der Waals surface area contributed by atoms with E-state index in [9.17, 15) is 0 Å². The number of nitrogens with zero attached hydrogens (tertiary/aromatic N) is 6. The van der Waals surface area contributed by atoms with E-state index in [1.807, 2.05) is 6.07 Å². The number of aryl methyl sites for hydroxylation is 1. The molecule has 7 heteroatoms. The van der Waals surface area contributed by atoms with Crippen LogP contribution in [0, 0.1) is 6.92 Å². The average Bonchev–Trinajstić information content (AvgIpc) is 3.36. The van der Waals surface area contributed by atoms with Crippen LogP contribution in [0.15, 0.2) is 60.0 Å². The van der Waals surface area contributed by atoms with Gasteiger partial charge >= 0.3 is 0 Å². The Morgan fingerprint density at radius 3 is 2.60 bits per heavy atom. The number of fused-ring (bicyclic) bond motifs is 1. The van der Waals surface area contributed by atoms with E-state index in [4.69, 9.17) is 4.98 Å². The van der Waals surface area contributed by atoms with E-state index >= 15 is 0 Å². The second kappa shape index (κ2) is 8.62. The fourth-order valence-electron chi connectivity index (χ4n) is 4.01. The van der Waals surface area contributed by atoms with E-state index in [0.29, 0.717) is 0 Å². The summed E-state index contributed by atoms with van der Waals surface area (Å²) in [6, 6.07) is 14.6. The topological polar surface area (TPSA) is 51.2 Å². The van der Waals surface area contributed by atoms with Gasteiger partial charge in [0.15, 0.2) is 11.0 Å². The maximum Gasteiger partial charge on any atom is 0.196 e. The van der Waals surface area contributed by atoms with Crippen LogP contribution in [0.2, 0.25) is 0 Å². The molecule has 30 heavy (non-hydrogen) atoms. The molecule has 0 spiro atoms. The zero-order chi connectivity index (χ0) is 20.3. The molecule has 4 heterocycles. The first-order chi connectivity index (χ1) is 14.8. The van der Waals surface area contributed by atoms with E-state index in [1.165, 1.54) is 24.8 Å². The van der Waals surface area contributed by atoms with E-state index < -0.39 is 0 Å². The number of hydrogen-bond donors (Lipinski definition) is 0. The summed E-state index contributed by atoms with van der Waals surface area (Å²) < 4.78 is 4.30. The van der Waals surface area contributed by atoms with Crippen molar-refractivity contribution in [3.05, 3.63) is 71.9 Å². The van der Waals surface area contributed by atoms with Crippen molar-refractivity contribution in [2.24, 2.45) is 0 Å². The lowest BCUT2D eigenvalue weighted by Crippen LogP contribution is -2.30. The molecule has 6 nitrogen and oxygen atoms in total. The van der Waals surface area contributed by atoms with Crippen molar-refractivity contribution >= 4 is 17.4 Å². The fourth-order valence-corrected chi connectivity index (χ4v) is 4.87. The van der Waals surface area contributed by atoms with Crippen LogP contribution in [0.3, 0.4) is 0 Å². The molecular weight excluding hydrogens is 392 g/mol. The molecule has 1 aromatic carbocycles. The number of pyridine rings is 1. The minimum atomic E-state index is 0.759. The quantitative estimate of drug-likeness (QED) is 0.432. The summed E-state index contributed by atoms with van der Waals surface area (Å²) in [6.07, 6.45) is 8.09. The smallest absolute Gasteiger partial charge is 0.196 e. The van der Waals surface area contributed by atoms with Gasteiger partial charge in [-0.05, 0) is 56.6 Å². The molecule has 0 N–H and O–H groups in total. The van der Waals surface area contributed by atoms with E-state index in [2.05, 4.69) is 79.8 Å². The van der Waals surface area contributed by atoms with Crippen LogP contribution in [0.4, 0.5) is 0 Å². The Kier molecular flexibility index (Phi) is 5.55. The first-order valence-electron chi connectivity index (χ1n) is 10.6. The average molecular weight is 419 g/mol. The van der Waals surface area contributed by atoms with Crippen LogP contribution in [-0.4, -0.2) is 42.1 Å². The first kappa shape index (κ1) is 19.3. The summed E-state index contributed by atoms with van der Waals surface area (Å²) >= 11 is 1.69. The summed E-state index contributed by atoms with van der Waals surface area (Å²) in [5.74, 6) is 1.77. The van der Waals surface area contributed by atoms with Crippen LogP contribution in [-0.2, 0) is 12.3 Å². The molecule has 0 bridgehead atoms. The molecule has 0 atom stereocenters. The molecule has 0 unspecified atom stereocenters. The molecule has 3 aromatic heterocycles. The standard InChI is InChI=1S/C23H26N6S/c1-18-10-11-21-24-19(15-28(21)14-18)17-30-23-26-25-22(16-27-12-6-3-7-13-27)29(23)20-8-4-2-5-9-20/h2,4-5,8-11,14-15H,3,6-7,12-13,16-17H2,1H3. The predicted octanol–water partition coefficient (Wildman–Crippen LogP) is 4.50. The SMILES string of the molecule is Cc1ccc2nc(CSc3nnc(CN4CCCCC4)n3-c3ccccc3)cn2c1. The van der Waals surface area contributed by atoms with E-state index in [1.54, 1.807) is 11.8 Å². The summed E-state index contributed by atoms with van der Waals surface area (Å²) in [5, 5.41) is 10.1. The molecule has 4 aromatic rings. The van der Waals surface area contributed by atoms with Crippen molar-refractivity contribution < 1.29 is 0 Å². The lowest BCUT2D eigenvalue weighted by molar-refractivity contribution is 0.214. The number of likely N-dealkylation sites (tertiary alicyclic amines) is 1. The van der Waals surface area contributed by atoms with Crippen molar-refractivity contribution in [1.82, 2.24) is 29.0 Å². The normalized spacial score (nSPS) is 15.1. The third kappa shape index (κ3) is 4.13. The fraction of sp³-hybridized carbons (Fsp3) is 0.348. The van der Waals surface area contributed by atoms with Gasteiger partial charge in [0.25, 0.3) is 0 Å². The van der Waals surface area contributed by atoms with Crippen LogP contribution >= 0.6 is 11.8 Å². The third-order valence-electron chi connectivity index (χ3n) is 5.53. The van der Waals surface area contributed by atoms with Crippen molar-refractivity contribution in [3.63, 3.8) is 0 Å². The number of aromatic nitrogens is 5. The molecule has 1 aliphatic heterocycles. The second-order valence-corrected chi connectivity index (χ2v) is 8.84. The number of piperidine rings is 1. The van der Waals surface area contributed by atoms with Gasteiger partial charge in [-0.15, -0.1) is 10.2 Å². The third-order valence-corrected chi connectivity index (χ3v) is 6.49. The summed E-state index contributed by atoms with van der Waals surface area (Å²) in [4.78, 5) is 7.24.